The Balaban J connectivity index is 1.90. The minimum Gasteiger partial charge on any atom is -0.326 e. The molecular weight excluding hydrogens is 265 g/mol. The maximum absolute atomic E-state index is 12.8. The van der Waals surface area contributed by atoms with Gasteiger partial charge in [0, 0.05) is 19.2 Å². The van der Waals surface area contributed by atoms with E-state index in [0.717, 1.165) is 0 Å². The van der Waals surface area contributed by atoms with Crippen molar-refractivity contribution in [1.29, 1.82) is 0 Å². The highest BCUT2D eigenvalue weighted by atomic mass is 19.1. The number of halogens is 1. The van der Waals surface area contributed by atoms with E-state index in [9.17, 15) is 18.8 Å². The summed E-state index contributed by atoms with van der Waals surface area (Å²) in [6.07, 6.45) is 0.328. The molecule has 1 fully saturated rings. The summed E-state index contributed by atoms with van der Waals surface area (Å²) in [7, 11) is 1.57. The van der Waals surface area contributed by atoms with Gasteiger partial charge in [-0.2, -0.15) is 0 Å². The third-order valence-corrected chi connectivity index (χ3v) is 3.09. The number of anilines is 1. The van der Waals surface area contributed by atoms with Crippen molar-refractivity contribution in [2.24, 2.45) is 0 Å². The summed E-state index contributed by atoms with van der Waals surface area (Å²) in [5.41, 5.74) is 0.566. The molecule has 20 heavy (non-hydrogen) atoms. The highest BCUT2D eigenvalue weighted by Crippen LogP contribution is 2.15. The molecule has 0 bridgehead atoms. The van der Waals surface area contributed by atoms with E-state index in [2.05, 4.69) is 10.6 Å². The lowest BCUT2D eigenvalue weighted by Gasteiger charge is -2.18. The molecule has 106 valence electrons. The molecule has 0 saturated carbocycles. The normalized spacial score (nSPS) is 17.6. The van der Waals surface area contributed by atoms with Crippen molar-refractivity contribution in [3.63, 3.8) is 0 Å². The second kappa shape index (κ2) is 5.68. The third kappa shape index (κ3) is 3.11. The number of urea groups is 1. The molecular formula is C13H14FN3O3. The summed E-state index contributed by atoms with van der Waals surface area (Å²) < 4.78 is 12.8. The van der Waals surface area contributed by atoms with Crippen LogP contribution in [0.15, 0.2) is 24.3 Å². The number of nitrogens with zero attached hydrogens (tertiary/aromatic N) is 1. The first-order valence-electron chi connectivity index (χ1n) is 6.11. The van der Waals surface area contributed by atoms with Gasteiger partial charge in [0.1, 0.15) is 11.9 Å². The SMILES string of the molecule is CN(C(=O)CCC1NC(=O)NC1=O)c1ccc(F)cc1. The van der Waals surface area contributed by atoms with E-state index < -0.39 is 18.0 Å². The minimum absolute atomic E-state index is 0.103. The van der Waals surface area contributed by atoms with Gasteiger partial charge in [-0.25, -0.2) is 9.18 Å². The molecule has 2 rings (SSSR count). The second-order valence-corrected chi connectivity index (χ2v) is 4.48. The van der Waals surface area contributed by atoms with Gasteiger partial charge in [-0.1, -0.05) is 0 Å². The molecule has 4 amide bonds. The number of carbonyl (C=O) groups is 3. The average Bonchev–Trinajstić information content (AvgIpc) is 2.74. The monoisotopic (exact) mass is 279 g/mol. The van der Waals surface area contributed by atoms with Crippen LogP contribution in [0.5, 0.6) is 0 Å². The van der Waals surface area contributed by atoms with Crippen LogP contribution in [0.1, 0.15) is 12.8 Å². The molecule has 1 atom stereocenters. The maximum atomic E-state index is 12.8. The number of imide groups is 1. The second-order valence-electron chi connectivity index (χ2n) is 4.48. The molecule has 0 radical (unpaired) electrons. The molecule has 0 aromatic heterocycles. The number of benzene rings is 1. The van der Waals surface area contributed by atoms with Crippen molar-refractivity contribution in [2.45, 2.75) is 18.9 Å². The Morgan fingerprint density at radius 3 is 2.50 bits per heavy atom. The van der Waals surface area contributed by atoms with Gasteiger partial charge in [-0.05, 0) is 30.7 Å². The number of amides is 4. The summed E-state index contributed by atoms with van der Waals surface area (Å²) >= 11 is 0. The number of hydrogen-bond acceptors (Lipinski definition) is 3. The van der Waals surface area contributed by atoms with Crippen LogP contribution in [-0.4, -0.2) is 30.9 Å². The first-order valence-corrected chi connectivity index (χ1v) is 6.11. The van der Waals surface area contributed by atoms with Crippen LogP contribution in [-0.2, 0) is 9.59 Å². The van der Waals surface area contributed by atoms with Gasteiger partial charge in [-0.3, -0.25) is 14.9 Å². The van der Waals surface area contributed by atoms with Crippen molar-refractivity contribution in [1.82, 2.24) is 10.6 Å². The number of rotatable bonds is 4. The van der Waals surface area contributed by atoms with Crippen molar-refractivity contribution in [2.75, 3.05) is 11.9 Å². The molecule has 0 spiro atoms. The van der Waals surface area contributed by atoms with Crippen molar-refractivity contribution in [3.05, 3.63) is 30.1 Å². The molecule has 1 aromatic carbocycles. The van der Waals surface area contributed by atoms with Crippen molar-refractivity contribution in [3.8, 4) is 0 Å². The highest BCUT2D eigenvalue weighted by Gasteiger charge is 2.29. The summed E-state index contributed by atoms with van der Waals surface area (Å²) in [5.74, 6) is -1.02. The van der Waals surface area contributed by atoms with E-state index in [-0.39, 0.29) is 24.6 Å². The molecule has 7 heteroatoms. The molecule has 1 aliphatic heterocycles. The van der Waals surface area contributed by atoms with Crippen molar-refractivity contribution < 1.29 is 18.8 Å². The smallest absolute Gasteiger partial charge is 0.322 e. The Morgan fingerprint density at radius 1 is 1.30 bits per heavy atom. The van der Waals surface area contributed by atoms with Crippen molar-refractivity contribution >= 4 is 23.5 Å². The highest BCUT2D eigenvalue weighted by molar-refractivity contribution is 6.04. The Morgan fingerprint density at radius 2 is 1.95 bits per heavy atom. The van der Waals surface area contributed by atoms with E-state index >= 15 is 0 Å². The third-order valence-electron chi connectivity index (χ3n) is 3.09. The van der Waals surface area contributed by atoms with E-state index in [4.69, 9.17) is 0 Å². The lowest BCUT2D eigenvalue weighted by Crippen LogP contribution is -2.32. The van der Waals surface area contributed by atoms with E-state index in [0.29, 0.717) is 5.69 Å². The molecule has 6 nitrogen and oxygen atoms in total. The van der Waals surface area contributed by atoms with Gasteiger partial charge in [0.05, 0.1) is 0 Å². The van der Waals surface area contributed by atoms with Crippen LogP contribution in [0.25, 0.3) is 0 Å². The molecule has 1 unspecified atom stereocenters. The molecule has 1 aliphatic rings. The molecule has 1 heterocycles. The zero-order valence-corrected chi connectivity index (χ0v) is 10.9. The number of carbonyl (C=O) groups excluding carboxylic acids is 3. The Kier molecular flexibility index (Phi) is 3.97. The Bertz CT molecular complexity index is 544. The molecule has 0 aliphatic carbocycles. The fourth-order valence-corrected chi connectivity index (χ4v) is 1.91. The Hall–Kier alpha value is -2.44. The van der Waals surface area contributed by atoms with E-state index in [1.165, 1.54) is 29.2 Å². The summed E-state index contributed by atoms with van der Waals surface area (Å²) in [5, 5.41) is 4.53. The lowest BCUT2D eigenvalue weighted by molar-refractivity contribution is -0.121. The van der Waals surface area contributed by atoms with Crippen LogP contribution in [0.4, 0.5) is 14.9 Å². The fourth-order valence-electron chi connectivity index (χ4n) is 1.91. The van der Waals surface area contributed by atoms with Gasteiger partial charge in [0.2, 0.25) is 5.91 Å². The Labute approximate surface area is 114 Å². The summed E-state index contributed by atoms with van der Waals surface area (Å²) in [4.78, 5) is 35.6. The number of nitrogens with one attached hydrogen (secondary N) is 2. The quantitative estimate of drug-likeness (QED) is 0.799. The van der Waals surface area contributed by atoms with Crippen LogP contribution >= 0.6 is 0 Å². The van der Waals surface area contributed by atoms with Gasteiger partial charge < -0.3 is 10.2 Å². The predicted octanol–water partition coefficient (Wildman–Crippen LogP) is 0.777. The van der Waals surface area contributed by atoms with E-state index in [1.54, 1.807) is 7.05 Å². The van der Waals surface area contributed by atoms with Gasteiger partial charge in [0.15, 0.2) is 0 Å². The van der Waals surface area contributed by atoms with Gasteiger partial charge >= 0.3 is 6.03 Å². The first-order chi connectivity index (χ1) is 9.47. The maximum Gasteiger partial charge on any atom is 0.322 e. The van der Waals surface area contributed by atoms with Crippen LogP contribution in [0, 0.1) is 5.82 Å². The largest absolute Gasteiger partial charge is 0.326 e. The first kappa shape index (κ1) is 14.0. The van der Waals surface area contributed by atoms with Gasteiger partial charge in [0.25, 0.3) is 5.91 Å². The number of hydrogen-bond donors (Lipinski definition) is 2. The minimum atomic E-state index is -0.673. The zero-order chi connectivity index (χ0) is 14.7. The molecule has 1 saturated heterocycles. The topological polar surface area (TPSA) is 78.5 Å². The fraction of sp³-hybridized carbons (Fsp3) is 0.308. The van der Waals surface area contributed by atoms with Crippen LogP contribution < -0.4 is 15.5 Å². The molecule has 1 aromatic rings. The zero-order valence-electron chi connectivity index (χ0n) is 10.9. The van der Waals surface area contributed by atoms with E-state index in [1.807, 2.05) is 0 Å². The van der Waals surface area contributed by atoms with Crippen LogP contribution in [0.3, 0.4) is 0 Å². The summed E-state index contributed by atoms with van der Waals surface area (Å²) in [6, 6.07) is 4.31. The molecule has 2 N–H and O–H groups in total. The average molecular weight is 279 g/mol. The van der Waals surface area contributed by atoms with Crippen LogP contribution in [0.2, 0.25) is 0 Å². The lowest BCUT2D eigenvalue weighted by atomic mass is 10.1. The predicted molar refractivity (Wildman–Crippen MR) is 69.5 cm³/mol. The standard InChI is InChI=1S/C13H14FN3O3/c1-17(9-4-2-8(14)3-5-9)11(18)7-6-10-12(19)16-13(20)15-10/h2-5,10H,6-7H2,1H3,(H2,15,16,19,20). The van der Waals surface area contributed by atoms with Gasteiger partial charge in [-0.15, -0.1) is 0 Å². The summed E-state index contributed by atoms with van der Waals surface area (Å²) in [6.45, 7) is 0.